The predicted molar refractivity (Wildman–Crippen MR) is 103 cm³/mol. The van der Waals surface area contributed by atoms with E-state index in [0.29, 0.717) is 12.0 Å². The first kappa shape index (κ1) is 17.4. The van der Waals surface area contributed by atoms with Gasteiger partial charge in [0.25, 0.3) is 0 Å². The van der Waals surface area contributed by atoms with Crippen LogP contribution in [-0.2, 0) is 6.54 Å². The molecule has 1 saturated heterocycles. The van der Waals surface area contributed by atoms with Gasteiger partial charge >= 0.3 is 0 Å². The molecule has 130 valence electrons. The lowest BCUT2D eigenvalue weighted by Crippen LogP contribution is -2.40. The Morgan fingerprint density at radius 3 is 3.00 bits per heavy atom. The Hall–Kier alpha value is -1.43. The Morgan fingerprint density at radius 1 is 1.38 bits per heavy atom. The molecule has 24 heavy (non-hydrogen) atoms. The molecule has 3 rings (SSSR count). The quantitative estimate of drug-likeness (QED) is 0.870. The van der Waals surface area contributed by atoms with E-state index in [1.165, 1.54) is 35.5 Å². The molecule has 1 aliphatic rings. The highest BCUT2D eigenvalue weighted by Crippen LogP contribution is 2.36. The molecule has 0 saturated carbocycles. The summed E-state index contributed by atoms with van der Waals surface area (Å²) < 4.78 is 0. The van der Waals surface area contributed by atoms with Crippen LogP contribution in [-0.4, -0.2) is 44.1 Å². The zero-order valence-corrected chi connectivity index (χ0v) is 15.7. The van der Waals surface area contributed by atoms with Crippen LogP contribution in [0, 0.1) is 5.92 Å². The summed E-state index contributed by atoms with van der Waals surface area (Å²) >= 11 is 1.89. The fourth-order valence-electron chi connectivity index (χ4n) is 3.77. The van der Waals surface area contributed by atoms with Gasteiger partial charge in [-0.3, -0.25) is 9.88 Å². The second-order valence-electron chi connectivity index (χ2n) is 6.87. The van der Waals surface area contributed by atoms with E-state index in [-0.39, 0.29) is 0 Å². The van der Waals surface area contributed by atoms with E-state index >= 15 is 0 Å². The fraction of sp³-hybridized carbons (Fsp3) is 0.526. The van der Waals surface area contributed by atoms with Crippen molar-refractivity contribution < 1.29 is 0 Å². The molecule has 2 aromatic rings. The van der Waals surface area contributed by atoms with Gasteiger partial charge in [-0.15, -0.1) is 11.3 Å². The van der Waals surface area contributed by atoms with Crippen LogP contribution in [0.4, 0.5) is 5.69 Å². The van der Waals surface area contributed by atoms with Crippen molar-refractivity contribution in [3.63, 3.8) is 0 Å². The summed E-state index contributed by atoms with van der Waals surface area (Å²) in [5, 5.41) is 5.89. The largest absolute Gasteiger partial charge is 0.377 e. The maximum atomic E-state index is 4.29. The minimum absolute atomic E-state index is 0.550. The molecule has 0 amide bonds. The number of rotatable bonds is 6. The zero-order chi connectivity index (χ0) is 16.9. The van der Waals surface area contributed by atoms with Gasteiger partial charge in [-0.2, -0.15) is 0 Å². The van der Waals surface area contributed by atoms with E-state index in [9.17, 15) is 0 Å². The zero-order valence-electron chi connectivity index (χ0n) is 14.9. The molecule has 5 heteroatoms. The Kier molecular flexibility index (Phi) is 5.87. The normalized spacial score (nSPS) is 21.8. The Balaban J connectivity index is 1.63. The van der Waals surface area contributed by atoms with Gasteiger partial charge in [0.2, 0.25) is 0 Å². The summed E-state index contributed by atoms with van der Waals surface area (Å²) in [5.74, 6) is 0.668. The molecular weight excluding hydrogens is 316 g/mol. The van der Waals surface area contributed by atoms with Gasteiger partial charge in [0.1, 0.15) is 0 Å². The molecule has 0 bridgehead atoms. The maximum Gasteiger partial charge on any atom is 0.0478 e. The molecule has 3 heterocycles. The summed E-state index contributed by atoms with van der Waals surface area (Å²) in [6.45, 7) is 3.12. The Bertz CT molecular complexity index is 626. The number of nitrogens with one attached hydrogen (secondary N) is 1. The lowest BCUT2D eigenvalue weighted by Gasteiger charge is -2.39. The number of anilines is 1. The Morgan fingerprint density at radius 2 is 2.25 bits per heavy atom. The molecule has 2 unspecified atom stereocenters. The third-order valence-corrected chi connectivity index (χ3v) is 5.87. The second kappa shape index (κ2) is 8.10. The third kappa shape index (κ3) is 3.97. The summed E-state index contributed by atoms with van der Waals surface area (Å²) in [7, 11) is 6.44. The molecule has 1 fully saturated rings. The van der Waals surface area contributed by atoms with Gasteiger partial charge in [0.05, 0.1) is 0 Å². The van der Waals surface area contributed by atoms with Gasteiger partial charge in [-0.25, -0.2) is 0 Å². The molecule has 0 aromatic carbocycles. The lowest BCUT2D eigenvalue weighted by molar-refractivity contribution is 0.122. The van der Waals surface area contributed by atoms with Crippen molar-refractivity contribution in [3.8, 4) is 0 Å². The smallest absolute Gasteiger partial charge is 0.0478 e. The standard InChI is InChI=1S/C19H28N4S/c1-22(2)17-8-9-20-13-16(17)14-21-12-15-6-4-10-23(3)19(15)18-7-5-11-24-18/h5,7-9,11,13,15,19,21H,4,6,10,12,14H2,1-3H3. The van der Waals surface area contributed by atoms with Crippen LogP contribution >= 0.6 is 11.3 Å². The number of likely N-dealkylation sites (tertiary alicyclic amines) is 1. The van der Waals surface area contributed by atoms with Crippen molar-refractivity contribution in [1.82, 2.24) is 15.2 Å². The van der Waals surface area contributed by atoms with E-state index < -0.39 is 0 Å². The molecule has 1 N–H and O–H groups in total. The summed E-state index contributed by atoms with van der Waals surface area (Å²) in [4.78, 5) is 10.5. The van der Waals surface area contributed by atoms with Crippen molar-refractivity contribution in [1.29, 1.82) is 0 Å². The number of hydrogen-bond donors (Lipinski definition) is 1. The molecule has 0 spiro atoms. The van der Waals surface area contributed by atoms with Crippen LogP contribution in [0.5, 0.6) is 0 Å². The highest BCUT2D eigenvalue weighted by atomic mass is 32.1. The lowest BCUT2D eigenvalue weighted by atomic mass is 9.88. The van der Waals surface area contributed by atoms with Crippen LogP contribution in [0.15, 0.2) is 36.0 Å². The summed E-state index contributed by atoms with van der Waals surface area (Å²) in [6, 6.07) is 7.09. The van der Waals surface area contributed by atoms with E-state index in [1.807, 2.05) is 23.7 Å². The number of hydrogen-bond acceptors (Lipinski definition) is 5. The van der Waals surface area contributed by atoms with Crippen molar-refractivity contribution >= 4 is 17.0 Å². The number of nitrogens with zero attached hydrogens (tertiary/aromatic N) is 3. The molecule has 0 radical (unpaired) electrons. The molecule has 4 nitrogen and oxygen atoms in total. The number of aromatic nitrogens is 1. The monoisotopic (exact) mass is 344 g/mol. The van der Waals surface area contributed by atoms with Crippen LogP contribution in [0.1, 0.15) is 29.3 Å². The minimum Gasteiger partial charge on any atom is -0.377 e. The van der Waals surface area contributed by atoms with Crippen LogP contribution < -0.4 is 10.2 Å². The number of thiophene rings is 1. The summed E-state index contributed by atoms with van der Waals surface area (Å²) in [5.41, 5.74) is 2.51. The topological polar surface area (TPSA) is 31.4 Å². The third-order valence-electron chi connectivity index (χ3n) is 4.92. The molecule has 2 atom stereocenters. The van der Waals surface area contributed by atoms with E-state index in [1.54, 1.807) is 0 Å². The summed E-state index contributed by atoms with van der Waals surface area (Å²) in [6.07, 6.45) is 6.43. The number of pyridine rings is 1. The first-order chi connectivity index (χ1) is 11.7. The van der Waals surface area contributed by atoms with E-state index in [4.69, 9.17) is 0 Å². The number of piperidine rings is 1. The molecular formula is C19H28N4S. The maximum absolute atomic E-state index is 4.29. The van der Waals surface area contributed by atoms with Gasteiger partial charge < -0.3 is 10.2 Å². The molecule has 2 aromatic heterocycles. The van der Waals surface area contributed by atoms with E-state index in [0.717, 1.165) is 13.1 Å². The van der Waals surface area contributed by atoms with Crippen LogP contribution in [0.3, 0.4) is 0 Å². The second-order valence-corrected chi connectivity index (χ2v) is 7.85. The van der Waals surface area contributed by atoms with Crippen molar-refractivity contribution in [2.75, 3.05) is 39.1 Å². The van der Waals surface area contributed by atoms with Gasteiger partial charge in [-0.1, -0.05) is 6.07 Å². The highest BCUT2D eigenvalue weighted by Gasteiger charge is 2.30. The van der Waals surface area contributed by atoms with E-state index in [2.05, 4.69) is 64.8 Å². The average Bonchev–Trinajstić information content (AvgIpc) is 3.09. The average molecular weight is 345 g/mol. The fourth-order valence-corrected chi connectivity index (χ4v) is 4.75. The van der Waals surface area contributed by atoms with Gasteiger partial charge in [0, 0.05) is 61.7 Å². The van der Waals surface area contributed by atoms with Crippen molar-refractivity contribution in [2.45, 2.75) is 25.4 Å². The van der Waals surface area contributed by atoms with Crippen LogP contribution in [0.25, 0.3) is 0 Å². The first-order valence-electron chi connectivity index (χ1n) is 8.71. The predicted octanol–water partition coefficient (Wildman–Crippen LogP) is 3.38. The molecule has 0 aliphatic carbocycles. The highest BCUT2D eigenvalue weighted by molar-refractivity contribution is 7.10. The molecule has 1 aliphatic heterocycles. The first-order valence-corrected chi connectivity index (χ1v) is 9.59. The Labute approximate surface area is 149 Å². The minimum atomic E-state index is 0.550. The van der Waals surface area contributed by atoms with Crippen molar-refractivity contribution in [2.24, 2.45) is 5.92 Å². The van der Waals surface area contributed by atoms with Gasteiger partial charge in [-0.05, 0) is 49.9 Å². The SMILES string of the molecule is CN(C)c1ccncc1CNCC1CCCN(C)C1c1cccs1. The van der Waals surface area contributed by atoms with Crippen LogP contribution in [0.2, 0.25) is 0 Å². The van der Waals surface area contributed by atoms with Gasteiger partial charge in [0.15, 0.2) is 0 Å². The van der Waals surface area contributed by atoms with Crippen molar-refractivity contribution in [3.05, 3.63) is 46.4 Å².